The van der Waals surface area contributed by atoms with Crippen molar-refractivity contribution >= 4 is 17.4 Å². The number of hydrogen-bond acceptors (Lipinski definition) is 5. The summed E-state index contributed by atoms with van der Waals surface area (Å²) in [5.41, 5.74) is 1.39. The third-order valence-corrected chi connectivity index (χ3v) is 3.89. The van der Waals surface area contributed by atoms with Gasteiger partial charge in [-0.05, 0) is 25.0 Å². The molecule has 3 aromatic rings. The van der Waals surface area contributed by atoms with Crippen LogP contribution in [0, 0.1) is 0 Å². The van der Waals surface area contributed by atoms with Gasteiger partial charge in [0.15, 0.2) is 11.5 Å². The predicted octanol–water partition coefficient (Wildman–Crippen LogP) is 0.979. The number of aryl methyl sites for hydroxylation is 1. The molecule has 9 heteroatoms. The summed E-state index contributed by atoms with van der Waals surface area (Å²) in [5.74, 6) is 1.80. The molecule has 0 saturated carbocycles. The first-order chi connectivity index (χ1) is 11.3. The van der Waals surface area contributed by atoms with E-state index < -0.39 is 0 Å². The first-order valence-corrected chi connectivity index (χ1v) is 7.55. The lowest BCUT2D eigenvalue weighted by atomic mass is 10.2. The molecule has 0 bridgehead atoms. The Hall–Kier alpha value is -2.97. The Morgan fingerprint density at radius 1 is 1.22 bits per heavy atom. The van der Waals surface area contributed by atoms with Crippen molar-refractivity contribution in [2.75, 3.05) is 5.32 Å². The van der Waals surface area contributed by atoms with Gasteiger partial charge in [-0.1, -0.05) is 0 Å². The number of nitrogens with zero attached hydrogens (tertiary/aromatic N) is 6. The monoisotopic (exact) mass is 312 g/mol. The number of fused-ring (bicyclic) bond motifs is 2. The van der Waals surface area contributed by atoms with Gasteiger partial charge in [0.1, 0.15) is 12.2 Å². The van der Waals surface area contributed by atoms with Gasteiger partial charge in [-0.2, -0.15) is 0 Å². The normalized spacial score (nSPS) is 13.7. The lowest BCUT2D eigenvalue weighted by Crippen LogP contribution is -2.30. The van der Waals surface area contributed by atoms with E-state index in [1.807, 2.05) is 0 Å². The first kappa shape index (κ1) is 13.7. The molecule has 0 spiro atoms. The zero-order chi connectivity index (χ0) is 15.6. The highest BCUT2D eigenvalue weighted by atomic mass is 16.2. The number of hydrogen-bond donors (Lipinski definition) is 2. The van der Waals surface area contributed by atoms with Crippen LogP contribution < -0.4 is 10.6 Å². The molecule has 1 aliphatic heterocycles. The number of aromatic nitrogens is 6. The molecule has 0 fully saturated rings. The van der Waals surface area contributed by atoms with Crippen LogP contribution in [-0.2, 0) is 19.5 Å². The van der Waals surface area contributed by atoms with Crippen molar-refractivity contribution in [2.45, 2.75) is 32.4 Å². The molecule has 2 N–H and O–H groups in total. The van der Waals surface area contributed by atoms with Crippen molar-refractivity contribution in [3.63, 3.8) is 0 Å². The third kappa shape index (κ3) is 2.72. The number of carbonyl (C=O) groups excluding carboxylic acids is 1. The third-order valence-electron chi connectivity index (χ3n) is 3.89. The topological polar surface area (TPSA) is 102 Å². The molecular weight excluding hydrogens is 296 g/mol. The molecule has 0 atom stereocenters. The molecule has 4 heterocycles. The van der Waals surface area contributed by atoms with E-state index >= 15 is 0 Å². The molecule has 23 heavy (non-hydrogen) atoms. The van der Waals surface area contributed by atoms with Crippen molar-refractivity contribution < 1.29 is 4.79 Å². The molecule has 0 radical (unpaired) electrons. The molecule has 0 aromatic carbocycles. The standard InChI is InChI=1S/C14H16N8O/c23-14(17-10-4-5-11-18-16-9-21(11)8-10)15-7-13-20-19-12-3-1-2-6-22(12)13/h4-5,8-9H,1-3,6-7H2,(H2,15,17,23). The van der Waals surface area contributed by atoms with Gasteiger partial charge in [-0.15, -0.1) is 20.4 Å². The molecule has 0 aliphatic carbocycles. The molecule has 2 amide bonds. The maximum atomic E-state index is 12.0. The zero-order valence-electron chi connectivity index (χ0n) is 12.4. The number of rotatable bonds is 3. The summed E-state index contributed by atoms with van der Waals surface area (Å²) in [7, 11) is 0. The first-order valence-electron chi connectivity index (χ1n) is 7.55. The maximum Gasteiger partial charge on any atom is 0.319 e. The summed E-state index contributed by atoms with van der Waals surface area (Å²) < 4.78 is 3.83. The van der Waals surface area contributed by atoms with Gasteiger partial charge in [0.2, 0.25) is 0 Å². The fourth-order valence-corrected chi connectivity index (χ4v) is 2.74. The molecule has 3 aromatic heterocycles. The Bertz CT molecular complexity index is 851. The van der Waals surface area contributed by atoms with Crippen LogP contribution in [0.3, 0.4) is 0 Å². The van der Waals surface area contributed by atoms with Crippen LogP contribution in [0.4, 0.5) is 10.5 Å². The maximum absolute atomic E-state index is 12.0. The number of carbonyl (C=O) groups is 1. The van der Waals surface area contributed by atoms with E-state index in [0.29, 0.717) is 12.2 Å². The SMILES string of the molecule is O=C(NCc1nnc2n1CCCC2)Nc1ccc2nncn2c1. The van der Waals surface area contributed by atoms with E-state index in [0.717, 1.165) is 43.1 Å². The minimum atomic E-state index is -0.286. The quantitative estimate of drug-likeness (QED) is 0.750. The Kier molecular flexibility index (Phi) is 3.37. The van der Waals surface area contributed by atoms with E-state index in [4.69, 9.17) is 0 Å². The highest BCUT2D eigenvalue weighted by molar-refractivity contribution is 5.89. The van der Waals surface area contributed by atoms with Crippen molar-refractivity contribution in [3.05, 3.63) is 36.3 Å². The fraction of sp³-hybridized carbons (Fsp3) is 0.357. The van der Waals surface area contributed by atoms with Crippen LogP contribution in [0.1, 0.15) is 24.5 Å². The van der Waals surface area contributed by atoms with Crippen LogP contribution in [0.15, 0.2) is 24.7 Å². The number of urea groups is 1. The van der Waals surface area contributed by atoms with Crippen molar-refractivity contribution in [3.8, 4) is 0 Å². The van der Waals surface area contributed by atoms with E-state index in [9.17, 15) is 4.79 Å². The number of nitrogens with one attached hydrogen (secondary N) is 2. The Morgan fingerprint density at radius 2 is 2.17 bits per heavy atom. The Morgan fingerprint density at radius 3 is 3.13 bits per heavy atom. The molecule has 1 aliphatic rings. The molecule has 118 valence electrons. The smallest absolute Gasteiger partial charge is 0.319 e. The van der Waals surface area contributed by atoms with Gasteiger partial charge in [0.05, 0.1) is 12.2 Å². The largest absolute Gasteiger partial charge is 0.331 e. The van der Waals surface area contributed by atoms with E-state index in [2.05, 4.69) is 35.6 Å². The van der Waals surface area contributed by atoms with Gasteiger partial charge in [-0.25, -0.2) is 4.79 Å². The van der Waals surface area contributed by atoms with Crippen LogP contribution in [-0.4, -0.2) is 35.4 Å². The van der Waals surface area contributed by atoms with Gasteiger partial charge in [0, 0.05) is 19.2 Å². The minimum Gasteiger partial charge on any atom is -0.331 e. The fourth-order valence-electron chi connectivity index (χ4n) is 2.74. The molecule has 9 nitrogen and oxygen atoms in total. The van der Waals surface area contributed by atoms with E-state index in [1.54, 1.807) is 29.1 Å². The predicted molar refractivity (Wildman–Crippen MR) is 81.8 cm³/mol. The summed E-state index contributed by atoms with van der Waals surface area (Å²) in [6, 6.07) is 3.28. The van der Waals surface area contributed by atoms with Crippen LogP contribution in [0.2, 0.25) is 0 Å². The lowest BCUT2D eigenvalue weighted by molar-refractivity contribution is 0.251. The summed E-state index contributed by atoms with van der Waals surface area (Å²) >= 11 is 0. The van der Waals surface area contributed by atoms with Crippen LogP contribution in [0.25, 0.3) is 5.65 Å². The number of pyridine rings is 1. The van der Waals surface area contributed by atoms with E-state index in [-0.39, 0.29) is 6.03 Å². The Balaban J connectivity index is 1.39. The van der Waals surface area contributed by atoms with Gasteiger partial charge < -0.3 is 15.2 Å². The zero-order valence-corrected chi connectivity index (χ0v) is 12.4. The van der Waals surface area contributed by atoms with E-state index in [1.165, 1.54) is 0 Å². The van der Waals surface area contributed by atoms with Gasteiger partial charge in [0.25, 0.3) is 0 Å². The van der Waals surface area contributed by atoms with Crippen molar-refractivity contribution in [2.24, 2.45) is 0 Å². The molecule has 0 unspecified atom stereocenters. The number of amides is 2. The lowest BCUT2D eigenvalue weighted by Gasteiger charge is -2.15. The summed E-state index contributed by atoms with van der Waals surface area (Å²) in [6.07, 6.45) is 6.58. The molecule has 4 rings (SSSR count). The van der Waals surface area contributed by atoms with Crippen LogP contribution >= 0.6 is 0 Å². The molecule has 0 saturated heterocycles. The van der Waals surface area contributed by atoms with Gasteiger partial charge in [-0.3, -0.25) is 4.40 Å². The summed E-state index contributed by atoms with van der Waals surface area (Å²) in [4.78, 5) is 12.0. The average molecular weight is 312 g/mol. The minimum absolute atomic E-state index is 0.286. The second kappa shape index (κ2) is 5.67. The van der Waals surface area contributed by atoms with Gasteiger partial charge >= 0.3 is 6.03 Å². The average Bonchev–Trinajstić information content (AvgIpc) is 3.19. The second-order valence-corrected chi connectivity index (χ2v) is 5.46. The number of anilines is 1. The Labute approximate surface area is 131 Å². The molecular formula is C14H16N8O. The van der Waals surface area contributed by atoms with Crippen molar-refractivity contribution in [1.29, 1.82) is 0 Å². The van der Waals surface area contributed by atoms with Crippen LogP contribution in [0.5, 0.6) is 0 Å². The second-order valence-electron chi connectivity index (χ2n) is 5.46. The summed E-state index contributed by atoms with van der Waals surface area (Å²) in [5, 5.41) is 21.6. The van der Waals surface area contributed by atoms with Crippen molar-refractivity contribution in [1.82, 2.24) is 34.7 Å². The summed E-state index contributed by atoms with van der Waals surface area (Å²) in [6.45, 7) is 1.28. The highest BCUT2D eigenvalue weighted by Crippen LogP contribution is 2.14. The highest BCUT2D eigenvalue weighted by Gasteiger charge is 2.16.